The van der Waals surface area contributed by atoms with Crippen LogP contribution in [-0.2, 0) is 15.8 Å². The summed E-state index contributed by atoms with van der Waals surface area (Å²) in [4.78, 5) is 12.4. The Morgan fingerprint density at radius 2 is 1.86 bits per heavy atom. The van der Waals surface area contributed by atoms with Gasteiger partial charge in [-0.1, -0.05) is 55.5 Å². The van der Waals surface area contributed by atoms with Crippen LogP contribution in [0, 0.1) is 0 Å². The Labute approximate surface area is 174 Å². The van der Waals surface area contributed by atoms with E-state index >= 15 is 0 Å². The zero-order chi connectivity index (χ0) is 20.1. The van der Waals surface area contributed by atoms with Crippen LogP contribution in [0.25, 0.3) is 0 Å². The third-order valence-electron chi connectivity index (χ3n) is 4.24. The molecule has 1 fully saturated rings. The number of nitrogens with one attached hydrogen (secondary N) is 1. The number of hydrogen-bond donors (Lipinski definition) is 1. The highest BCUT2D eigenvalue weighted by molar-refractivity contribution is 8.01. The van der Waals surface area contributed by atoms with Crippen molar-refractivity contribution < 1.29 is 13.2 Å². The van der Waals surface area contributed by atoms with Crippen molar-refractivity contribution in [3.63, 3.8) is 0 Å². The highest BCUT2D eigenvalue weighted by Gasteiger charge is 2.24. The van der Waals surface area contributed by atoms with E-state index in [-0.39, 0.29) is 11.7 Å². The van der Waals surface area contributed by atoms with E-state index in [1.807, 2.05) is 0 Å². The minimum Gasteiger partial charge on any atom is -0.296 e. The molecular weight excluding hydrogens is 416 g/mol. The van der Waals surface area contributed by atoms with Crippen molar-refractivity contribution in [2.45, 2.75) is 48.5 Å². The van der Waals surface area contributed by atoms with Gasteiger partial charge in [0.05, 0.1) is 5.75 Å². The largest absolute Gasteiger partial charge is 0.296 e. The number of rotatable bonds is 7. The van der Waals surface area contributed by atoms with Crippen LogP contribution in [0.4, 0.5) is 5.13 Å². The lowest BCUT2D eigenvalue weighted by atomic mass is 10.1. The Morgan fingerprint density at radius 1 is 1.18 bits per heavy atom. The average molecular weight is 441 g/mol. The average Bonchev–Trinajstić information content (AvgIpc) is 3.08. The third-order valence-corrected chi connectivity index (χ3v) is 8.01. The third kappa shape index (κ3) is 5.76. The Balaban J connectivity index is 1.60. The molecule has 1 amide bonds. The number of piperidine rings is 1. The molecule has 0 aliphatic carbocycles. The molecule has 1 saturated heterocycles. The van der Waals surface area contributed by atoms with Gasteiger partial charge in [0.15, 0.2) is 4.34 Å². The smallest absolute Gasteiger partial charge is 0.257 e. The number of thioether (sulfide) groups is 1. The van der Waals surface area contributed by atoms with Crippen molar-refractivity contribution in [3.8, 4) is 0 Å². The molecule has 7 nitrogen and oxygen atoms in total. The minimum atomic E-state index is -3.31. The molecule has 152 valence electrons. The number of anilines is 1. The lowest BCUT2D eigenvalue weighted by molar-refractivity contribution is 0.102. The fourth-order valence-electron chi connectivity index (χ4n) is 2.88. The number of hydrogen-bond acceptors (Lipinski definition) is 7. The minimum absolute atomic E-state index is 0.0406. The summed E-state index contributed by atoms with van der Waals surface area (Å²) in [6.45, 7) is 5.33. The summed E-state index contributed by atoms with van der Waals surface area (Å²) in [6, 6.07) is 6.66. The lowest BCUT2D eigenvalue weighted by Crippen LogP contribution is -2.36. The SMILES string of the molecule is CC(C)Sc1nnc(NC(=O)c2ccc(CS(=O)(=O)N3CCCCC3)cc2)s1. The fraction of sp³-hybridized carbons (Fsp3) is 0.500. The molecule has 0 bridgehead atoms. The summed E-state index contributed by atoms with van der Waals surface area (Å²) in [7, 11) is -3.31. The molecule has 0 unspecified atom stereocenters. The molecule has 2 aromatic rings. The zero-order valence-corrected chi connectivity index (χ0v) is 18.4. The molecule has 0 atom stereocenters. The fourth-order valence-corrected chi connectivity index (χ4v) is 6.46. The Hall–Kier alpha value is -1.49. The van der Waals surface area contributed by atoms with E-state index in [9.17, 15) is 13.2 Å². The van der Waals surface area contributed by atoms with Gasteiger partial charge in [-0.15, -0.1) is 10.2 Å². The molecule has 28 heavy (non-hydrogen) atoms. The van der Waals surface area contributed by atoms with Gasteiger partial charge in [-0.25, -0.2) is 12.7 Å². The van der Waals surface area contributed by atoms with Crippen molar-refractivity contribution in [1.29, 1.82) is 0 Å². The first-order chi connectivity index (χ1) is 13.3. The first kappa shape index (κ1) is 21.2. The number of benzene rings is 1. The van der Waals surface area contributed by atoms with Crippen molar-refractivity contribution in [1.82, 2.24) is 14.5 Å². The zero-order valence-electron chi connectivity index (χ0n) is 15.9. The summed E-state index contributed by atoms with van der Waals surface area (Å²) in [5.74, 6) is -0.330. The predicted molar refractivity (Wildman–Crippen MR) is 113 cm³/mol. The summed E-state index contributed by atoms with van der Waals surface area (Å²) in [5.41, 5.74) is 1.13. The standard InChI is InChI=1S/C18H24N4O3S3/c1-13(2)26-18-21-20-17(27-18)19-16(23)15-8-6-14(7-9-15)12-28(24,25)22-10-4-3-5-11-22/h6-9,13H,3-5,10-12H2,1-2H3,(H,19,20,23). The quantitative estimate of drug-likeness (QED) is 0.522. The topological polar surface area (TPSA) is 92.3 Å². The van der Waals surface area contributed by atoms with E-state index in [4.69, 9.17) is 0 Å². The van der Waals surface area contributed by atoms with Crippen LogP contribution >= 0.6 is 23.1 Å². The molecule has 1 aliphatic rings. The van der Waals surface area contributed by atoms with Gasteiger partial charge in [0.2, 0.25) is 15.2 Å². The first-order valence-electron chi connectivity index (χ1n) is 9.22. The van der Waals surface area contributed by atoms with E-state index < -0.39 is 10.0 Å². The van der Waals surface area contributed by atoms with Crippen LogP contribution in [0.15, 0.2) is 28.6 Å². The molecule has 2 heterocycles. The van der Waals surface area contributed by atoms with E-state index in [0.29, 0.717) is 34.6 Å². The Bertz CT molecular complexity index is 904. The molecule has 1 aromatic heterocycles. The van der Waals surface area contributed by atoms with Crippen LogP contribution in [0.1, 0.15) is 49.0 Å². The lowest BCUT2D eigenvalue weighted by Gasteiger charge is -2.25. The van der Waals surface area contributed by atoms with Crippen LogP contribution in [0.2, 0.25) is 0 Å². The maximum absolute atomic E-state index is 12.5. The van der Waals surface area contributed by atoms with Crippen molar-refractivity contribution >= 4 is 44.2 Å². The molecule has 1 aromatic carbocycles. The van der Waals surface area contributed by atoms with Crippen LogP contribution in [0.3, 0.4) is 0 Å². The summed E-state index contributed by atoms with van der Waals surface area (Å²) in [5, 5.41) is 11.6. The molecule has 10 heteroatoms. The van der Waals surface area contributed by atoms with Gasteiger partial charge in [0, 0.05) is 23.9 Å². The molecule has 1 N–H and O–H groups in total. The first-order valence-corrected chi connectivity index (χ1v) is 12.5. The Morgan fingerprint density at radius 3 is 2.50 bits per heavy atom. The van der Waals surface area contributed by atoms with Gasteiger partial charge in [-0.2, -0.15) is 0 Å². The highest BCUT2D eigenvalue weighted by Crippen LogP contribution is 2.28. The summed E-state index contributed by atoms with van der Waals surface area (Å²) in [6.07, 6.45) is 2.92. The summed E-state index contributed by atoms with van der Waals surface area (Å²) < 4.78 is 27.4. The van der Waals surface area contributed by atoms with E-state index in [1.165, 1.54) is 11.3 Å². The van der Waals surface area contributed by atoms with Gasteiger partial charge < -0.3 is 0 Å². The number of aromatic nitrogens is 2. The van der Waals surface area contributed by atoms with Crippen molar-refractivity contribution in [2.24, 2.45) is 0 Å². The normalized spacial score (nSPS) is 15.7. The highest BCUT2D eigenvalue weighted by atomic mass is 32.2. The van der Waals surface area contributed by atoms with Crippen LogP contribution < -0.4 is 5.32 Å². The van der Waals surface area contributed by atoms with Gasteiger partial charge in [0.25, 0.3) is 5.91 Å². The monoisotopic (exact) mass is 440 g/mol. The number of carbonyl (C=O) groups is 1. The number of nitrogens with zero attached hydrogens (tertiary/aromatic N) is 3. The van der Waals surface area contributed by atoms with Gasteiger partial charge in [0.1, 0.15) is 0 Å². The molecule has 0 saturated carbocycles. The second-order valence-corrected chi connectivity index (χ2v) is 11.7. The summed E-state index contributed by atoms with van der Waals surface area (Å²) >= 11 is 2.93. The van der Waals surface area contributed by atoms with E-state index in [1.54, 1.807) is 40.3 Å². The Kier molecular flexibility index (Phi) is 7.08. The van der Waals surface area contributed by atoms with Crippen LogP contribution in [-0.4, -0.2) is 47.2 Å². The van der Waals surface area contributed by atoms with Gasteiger partial charge in [-0.05, 0) is 30.5 Å². The maximum Gasteiger partial charge on any atom is 0.257 e. The predicted octanol–water partition coefficient (Wildman–Crippen LogP) is 3.61. The molecule has 1 aliphatic heterocycles. The number of carbonyl (C=O) groups excluding carboxylic acids is 1. The second kappa shape index (κ2) is 9.34. The second-order valence-electron chi connectivity index (χ2n) is 6.91. The molecule has 0 spiro atoms. The number of sulfonamides is 1. The number of amides is 1. The van der Waals surface area contributed by atoms with Gasteiger partial charge >= 0.3 is 0 Å². The van der Waals surface area contributed by atoms with Gasteiger partial charge in [-0.3, -0.25) is 10.1 Å². The van der Waals surface area contributed by atoms with E-state index in [2.05, 4.69) is 29.4 Å². The maximum atomic E-state index is 12.5. The molecule has 0 radical (unpaired) electrons. The van der Waals surface area contributed by atoms with E-state index in [0.717, 1.165) is 23.6 Å². The molecular formula is C18H24N4O3S3. The van der Waals surface area contributed by atoms with Crippen molar-refractivity contribution in [3.05, 3.63) is 35.4 Å². The molecule has 3 rings (SSSR count). The van der Waals surface area contributed by atoms with Crippen LogP contribution in [0.5, 0.6) is 0 Å². The van der Waals surface area contributed by atoms with Crippen molar-refractivity contribution in [2.75, 3.05) is 18.4 Å².